The fourth-order valence-electron chi connectivity index (χ4n) is 2.60. The molecule has 3 N–H and O–H groups in total. The van der Waals surface area contributed by atoms with Crippen molar-refractivity contribution < 1.29 is 14.7 Å². The number of nitrogens with zero attached hydrogens (tertiary/aromatic N) is 2. The number of rotatable bonds is 5. The smallest absolute Gasteiger partial charge is 0.326 e. The molecule has 0 spiro atoms. The van der Waals surface area contributed by atoms with Crippen LogP contribution in [-0.2, 0) is 11.2 Å². The van der Waals surface area contributed by atoms with E-state index in [1.165, 1.54) is 6.33 Å². The molecule has 1 aliphatic rings. The lowest BCUT2D eigenvalue weighted by Crippen LogP contribution is -2.50. The van der Waals surface area contributed by atoms with E-state index in [0.717, 1.165) is 19.3 Å². The maximum absolute atomic E-state index is 12.2. The summed E-state index contributed by atoms with van der Waals surface area (Å²) in [6.45, 7) is 3.55. The van der Waals surface area contributed by atoms with Crippen molar-refractivity contribution in [2.24, 2.45) is 5.92 Å². The van der Waals surface area contributed by atoms with E-state index in [1.54, 1.807) is 11.1 Å². The summed E-state index contributed by atoms with van der Waals surface area (Å²) in [4.78, 5) is 31.8. The Hall–Kier alpha value is -2.05. The van der Waals surface area contributed by atoms with Gasteiger partial charge in [0, 0.05) is 31.4 Å². The molecule has 7 nitrogen and oxygen atoms in total. The van der Waals surface area contributed by atoms with Gasteiger partial charge in [0.05, 0.1) is 6.33 Å². The van der Waals surface area contributed by atoms with Crippen molar-refractivity contribution in [1.29, 1.82) is 0 Å². The Kier molecular flexibility index (Phi) is 5.19. The van der Waals surface area contributed by atoms with E-state index < -0.39 is 12.0 Å². The second-order valence-electron chi connectivity index (χ2n) is 5.46. The fraction of sp³-hybridized carbons (Fsp3) is 0.643. The van der Waals surface area contributed by atoms with Crippen LogP contribution in [0.25, 0.3) is 0 Å². The Morgan fingerprint density at radius 3 is 2.76 bits per heavy atom. The fourth-order valence-corrected chi connectivity index (χ4v) is 2.60. The number of likely N-dealkylation sites (tertiary alicyclic amines) is 1. The number of carbonyl (C=O) groups excluding carboxylic acids is 1. The van der Waals surface area contributed by atoms with Gasteiger partial charge in [0.15, 0.2) is 0 Å². The first-order chi connectivity index (χ1) is 10.1. The lowest BCUT2D eigenvalue weighted by atomic mass is 9.95. The number of aromatic amines is 1. The minimum atomic E-state index is -1.04. The molecule has 0 aliphatic carbocycles. The van der Waals surface area contributed by atoms with Crippen LogP contribution in [0.1, 0.15) is 31.9 Å². The summed E-state index contributed by atoms with van der Waals surface area (Å²) >= 11 is 0. The molecule has 1 fully saturated rings. The van der Waals surface area contributed by atoms with Gasteiger partial charge in [0.2, 0.25) is 0 Å². The molecule has 0 bridgehead atoms. The van der Waals surface area contributed by atoms with Crippen LogP contribution < -0.4 is 5.32 Å². The molecule has 1 aromatic rings. The number of carboxylic acid groups (broad SMARTS) is 1. The molecule has 0 aromatic carbocycles. The first-order valence-corrected chi connectivity index (χ1v) is 7.35. The van der Waals surface area contributed by atoms with Crippen LogP contribution >= 0.6 is 0 Å². The number of piperidine rings is 1. The van der Waals surface area contributed by atoms with Crippen molar-refractivity contribution in [1.82, 2.24) is 20.2 Å². The Morgan fingerprint density at radius 2 is 2.24 bits per heavy atom. The topological polar surface area (TPSA) is 98.3 Å². The van der Waals surface area contributed by atoms with E-state index in [9.17, 15) is 14.7 Å². The van der Waals surface area contributed by atoms with Gasteiger partial charge in [-0.25, -0.2) is 14.6 Å². The molecular formula is C14H22N4O3. The van der Waals surface area contributed by atoms with Gasteiger partial charge in [-0.1, -0.05) is 13.3 Å². The molecular weight excluding hydrogens is 272 g/mol. The summed E-state index contributed by atoms with van der Waals surface area (Å²) in [6.07, 6.45) is 6.37. The molecule has 0 radical (unpaired) electrons. The number of urea groups is 1. The largest absolute Gasteiger partial charge is 0.480 e. The highest BCUT2D eigenvalue weighted by Gasteiger charge is 2.26. The Bertz CT molecular complexity index is 467. The van der Waals surface area contributed by atoms with E-state index in [4.69, 9.17) is 0 Å². The van der Waals surface area contributed by atoms with Crippen LogP contribution in [0.15, 0.2) is 12.5 Å². The normalized spacial score (nSPS) is 17.5. The first kappa shape index (κ1) is 15.3. The van der Waals surface area contributed by atoms with Crippen LogP contribution in [0, 0.1) is 5.92 Å². The molecule has 1 saturated heterocycles. The van der Waals surface area contributed by atoms with Crippen LogP contribution in [0.5, 0.6) is 0 Å². The second-order valence-corrected chi connectivity index (χ2v) is 5.46. The number of nitrogens with one attached hydrogen (secondary N) is 2. The monoisotopic (exact) mass is 294 g/mol. The minimum absolute atomic E-state index is 0.201. The Balaban J connectivity index is 1.88. The highest BCUT2D eigenvalue weighted by molar-refractivity contribution is 5.82. The average molecular weight is 294 g/mol. The van der Waals surface area contributed by atoms with Gasteiger partial charge < -0.3 is 20.3 Å². The zero-order valence-corrected chi connectivity index (χ0v) is 12.2. The highest BCUT2D eigenvalue weighted by Crippen LogP contribution is 2.19. The molecule has 0 unspecified atom stereocenters. The maximum Gasteiger partial charge on any atom is 0.326 e. The van der Waals surface area contributed by atoms with E-state index in [0.29, 0.717) is 24.7 Å². The Morgan fingerprint density at radius 1 is 1.52 bits per heavy atom. The highest BCUT2D eigenvalue weighted by atomic mass is 16.4. The third-order valence-electron chi connectivity index (χ3n) is 4.05. The SMILES string of the molecule is CCC1CCN(C(=O)N[C@H](Cc2cnc[nH]2)C(=O)O)CC1. The lowest BCUT2D eigenvalue weighted by molar-refractivity contribution is -0.139. The molecule has 0 saturated carbocycles. The van der Waals surface area contributed by atoms with Crippen LogP contribution in [-0.4, -0.2) is 51.1 Å². The number of amides is 2. The lowest BCUT2D eigenvalue weighted by Gasteiger charge is -2.32. The molecule has 7 heteroatoms. The second kappa shape index (κ2) is 7.10. The number of imidazole rings is 1. The first-order valence-electron chi connectivity index (χ1n) is 7.35. The van der Waals surface area contributed by atoms with Crippen molar-refractivity contribution in [3.05, 3.63) is 18.2 Å². The van der Waals surface area contributed by atoms with Gasteiger partial charge in [-0.05, 0) is 18.8 Å². The Labute approximate surface area is 123 Å². The maximum atomic E-state index is 12.2. The van der Waals surface area contributed by atoms with Crippen molar-refractivity contribution in [3.8, 4) is 0 Å². The number of aromatic nitrogens is 2. The zero-order valence-electron chi connectivity index (χ0n) is 12.2. The summed E-state index contributed by atoms with van der Waals surface area (Å²) in [5.74, 6) is -0.365. The predicted octanol–water partition coefficient (Wildman–Crippen LogP) is 1.24. The van der Waals surface area contributed by atoms with Gasteiger partial charge in [-0.15, -0.1) is 0 Å². The number of H-pyrrole nitrogens is 1. The number of carboxylic acids is 1. The van der Waals surface area contributed by atoms with Crippen LogP contribution in [0.3, 0.4) is 0 Å². The summed E-state index contributed by atoms with van der Waals surface area (Å²) in [5.41, 5.74) is 0.687. The zero-order chi connectivity index (χ0) is 15.2. The molecule has 116 valence electrons. The third kappa shape index (κ3) is 4.21. The molecule has 2 amide bonds. The minimum Gasteiger partial charge on any atom is -0.480 e. The number of aliphatic carboxylic acids is 1. The number of carbonyl (C=O) groups is 2. The predicted molar refractivity (Wildman–Crippen MR) is 76.8 cm³/mol. The number of hydrogen-bond donors (Lipinski definition) is 3. The van der Waals surface area contributed by atoms with Crippen molar-refractivity contribution in [2.75, 3.05) is 13.1 Å². The van der Waals surface area contributed by atoms with Crippen molar-refractivity contribution in [2.45, 2.75) is 38.6 Å². The van der Waals surface area contributed by atoms with Crippen LogP contribution in [0.2, 0.25) is 0 Å². The van der Waals surface area contributed by atoms with Gasteiger partial charge in [-0.2, -0.15) is 0 Å². The third-order valence-corrected chi connectivity index (χ3v) is 4.05. The molecule has 1 atom stereocenters. The standard InChI is InChI=1S/C14H22N4O3/c1-2-10-3-5-18(6-4-10)14(21)17-12(13(19)20)7-11-8-15-9-16-11/h8-10,12H,2-7H2,1H3,(H,15,16)(H,17,21)(H,19,20)/t12-/m1/s1. The van der Waals surface area contributed by atoms with E-state index in [1.807, 2.05) is 0 Å². The van der Waals surface area contributed by atoms with Gasteiger partial charge in [-0.3, -0.25) is 0 Å². The van der Waals surface area contributed by atoms with Gasteiger partial charge in [0.25, 0.3) is 0 Å². The van der Waals surface area contributed by atoms with E-state index in [-0.39, 0.29) is 12.5 Å². The summed E-state index contributed by atoms with van der Waals surface area (Å²) in [7, 11) is 0. The molecule has 1 aromatic heterocycles. The van der Waals surface area contributed by atoms with Gasteiger partial charge >= 0.3 is 12.0 Å². The van der Waals surface area contributed by atoms with Crippen molar-refractivity contribution >= 4 is 12.0 Å². The molecule has 2 heterocycles. The average Bonchev–Trinajstić information content (AvgIpc) is 2.99. The summed E-state index contributed by atoms with van der Waals surface area (Å²) < 4.78 is 0. The molecule has 2 rings (SSSR count). The van der Waals surface area contributed by atoms with Crippen LogP contribution in [0.4, 0.5) is 4.79 Å². The van der Waals surface area contributed by atoms with E-state index >= 15 is 0 Å². The quantitative estimate of drug-likeness (QED) is 0.761. The summed E-state index contributed by atoms with van der Waals surface area (Å²) in [6, 6.07) is -1.24. The molecule has 21 heavy (non-hydrogen) atoms. The van der Waals surface area contributed by atoms with E-state index in [2.05, 4.69) is 22.2 Å². The number of hydrogen-bond acceptors (Lipinski definition) is 3. The molecule has 1 aliphatic heterocycles. The van der Waals surface area contributed by atoms with Crippen molar-refractivity contribution in [3.63, 3.8) is 0 Å². The summed E-state index contributed by atoms with van der Waals surface area (Å²) in [5, 5.41) is 11.8. The van der Waals surface area contributed by atoms with Gasteiger partial charge in [0.1, 0.15) is 6.04 Å².